The Morgan fingerprint density at radius 3 is 2.55 bits per heavy atom. The molecule has 0 bridgehead atoms. The number of rotatable bonds is 4. The summed E-state index contributed by atoms with van der Waals surface area (Å²) in [7, 11) is 1.30. The van der Waals surface area contributed by atoms with Crippen LogP contribution in [0.15, 0.2) is 23.3 Å². The molecule has 1 aromatic carbocycles. The minimum Gasteiger partial charge on any atom is -0.465 e. The van der Waals surface area contributed by atoms with E-state index >= 15 is 0 Å². The number of hydrogen-bond donors (Lipinski definition) is 3. The highest BCUT2D eigenvalue weighted by Crippen LogP contribution is 2.30. The van der Waals surface area contributed by atoms with Crippen LogP contribution in [0.25, 0.3) is 0 Å². The number of carbonyl (C=O) groups excluding carboxylic acids is 1. The fourth-order valence-electron chi connectivity index (χ4n) is 1.80. The first-order valence-electron chi connectivity index (χ1n) is 6.51. The molecule has 0 radical (unpaired) electrons. The van der Waals surface area contributed by atoms with Gasteiger partial charge in [-0.3, -0.25) is 10.8 Å². The quantitative estimate of drug-likeness (QED) is 0.339. The molecule has 22 heavy (non-hydrogen) atoms. The first-order chi connectivity index (χ1) is 10.2. The SMILES string of the molecule is COC(=O)c1ccc(C(C)(C)C)c(N/N=C(\C#N)C(=N)N)c1. The second-order valence-electron chi connectivity index (χ2n) is 5.60. The number of nitrogens with zero attached hydrogens (tertiary/aromatic N) is 2. The highest BCUT2D eigenvalue weighted by Gasteiger charge is 2.20. The largest absolute Gasteiger partial charge is 0.465 e. The number of anilines is 1. The van der Waals surface area contributed by atoms with E-state index in [0.717, 1.165) is 5.56 Å². The lowest BCUT2D eigenvalue weighted by Crippen LogP contribution is -2.22. The molecule has 0 atom stereocenters. The molecule has 0 fully saturated rings. The molecule has 0 aliphatic carbocycles. The normalized spacial score (nSPS) is 11.5. The Bertz CT molecular complexity index is 665. The maximum absolute atomic E-state index is 11.6. The van der Waals surface area contributed by atoms with Gasteiger partial charge in [-0.15, -0.1) is 0 Å². The zero-order valence-electron chi connectivity index (χ0n) is 13.0. The van der Waals surface area contributed by atoms with Crippen molar-refractivity contribution < 1.29 is 9.53 Å². The lowest BCUT2D eigenvalue weighted by Gasteiger charge is -2.23. The molecule has 0 saturated carbocycles. The van der Waals surface area contributed by atoms with Crippen molar-refractivity contribution >= 4 is 23.2 Å². The van der Waals surface area contributed by atoms with Crippen LogP contribution in [0.2, 0.25) is 0 Å². The summed E-state index contributed by atoms with van der Waals surface area (Å²) in [6.07, 6.45) is 0. The molecular formula is C15H19N5O2. The maximum Gasteiger partial charge on any atom is 0.337 e. The smallest absolute Gasteiger partial charge is 0.337 e. The molecule has 1 rings (SSSR count). The molecule has 7 heteroatoms. The van der Waals surface area contributed by atoms with Crippen molar-refractivity contribution in [3.63, 3.8) is 0 Å². The molecule has 0 saturated heterocycles. The number of nitriles is 1. The van der Waals surface area contributed by atoms with Crippen molar-refractivity contribution in [1.29, 1.82) is 10.7 Å². The fourth-order valence-corrected chi connectivity index (χ4v) is 1.80. The summed E-state index contributed by atoms with van der Waals surface area (Å²) in [4.78, 5) is 11.6. The van der Waals surface area contributed by atoms with Crippen LogP contribution in [-0.2, 0) is 10.2 Å². The van der Waals surface area contributed by atoms with Crippen LogP contribution >= 0.6 is 0 Å². The van der Waals surface area contributed by atoms with E-state index < -0.39 is 11.8 Å². The van der Waals surface area contributed by atoms with E-state index in [1.54, 1.807) is 24.3 Å². The average Bonchev–Trinajstić information content (AvgIpc) is 2.45. The number of hydrazone groups is 1. The van der Waals surface area contributed by atoms with Crippen molar-refractivity contribution in [3.8, 4) is 6.07 Å². The highest BCUT2D eigenvalue weighted by atomic mass is 16.5. The van der Waals surface area contributed by atoms with Gasteiger partial charge < -0.3 is 10.5 Å². The van der Waals surface area contributed by atoms with Crippen LogP contribution in [0.3, 0.4) is 0 Å². The van der Waals surface area contributed by atoms with Gasteiger partial charge in [0, 0.05) is 0 Å². The highest BCUT2D eigenvalue weighted by molar-refractivity contribution is 6.45. The summed E-state index contributed by atoms with van der Waals surface area (Å²) in [5, 5.41) is 19.9. The second kappa shape index (κ2) is 6.72. The summed E-state index contributed by atoms with van der Waals surface area (Å²) >= 11 is 0. The third kappa shape index (κ3) is 4.06. The summed E-state index contributed by atoms with van der Waals surface area (Å²) in [6.45, 7) is 6.02. The van der Waals surface area contributed by atoms with Crippen molar-refractivity contribution in [2.75, 3.05) is 12.5 Å². The van der Waals surface area contributed by atoms with Crippen LogP contribution in [0.4, 0.5) is 5.69 Å². The number of esters is 1. The van der Waals surface area contributed by atoms with Crippen LogP contribution in [0.1, 0.15) is 36.7 Å². The predicted octanol–water partition coefficient (Wildman–Crippen LogP) is 2.00. The van der Waals surface area contributed by atoms with E-state index in [0.29, 0.717) is 11.3 Å². The predicted molar refractivity (Wildman–Crippen MR) is 85.1 cm³/mol. The van der Waals surface area contributed by atoms with Crippen molar-refractivity contribution in [1.82, 2.24) is 0 Å². The topological polar surface area (TPSA) is 124 Å². The first-order valence-corrected chi connectivity index (χ1v) is 6.51. The lowest BCUT2D eigenvalue weighted by atomic mass is 9.85. The fraction of sp³-hybridized carbons (Fsp3) is 0.333. The summed E-state index contributed by atoms with van der Waals surface area (Å²) in [6, 6.07) is 6.77. The molecule has 0 aliphatic rings. The first kappa shape index (κ1) is 17.2. The Labute approximate surface area is 129 Å². The van der Waals surface area contributed by atoms with Gasteiger partial charge in [0.25, 0.3) is 0 Å². The van der Waals surface area contributed by atoms with Gasteiger partial charge in [-0.2, -0.15) is 10.4 Å². The van der Waals surface area contributed by atoms with E-state index in [1.807, 2.05) is 20.8 Å². The van der Waals surface area contributed by atoms with Gasteiger partial charge in [-0.25, -0.2) is 4.79 Å². The minimum absolute atomic E-state index is 0.213. The molecule has 1 aromatic rings. The van der Waals surface area contributed by atoms with Crippen molar-refractivity contribution in [2.45, 2.75) is 26.2 Å². The molecule has 116 valence electrons. The zero-order chi connectivity index (χ0) is 16.9. The number of nitrogens with one attached hydrogen (secondary N) is 2. The van der Waals surface area contributed by atoms with Gasteiger partial charge in [0.05, 0.1) is 18.4 Å². The summed E-state index contributed by atoms with van der Waals surface area (Å²) < 4.78 is 4.69. The third-order valence-corrected chi connectivity index (χ3v) is 2.90. The molecule has 0 spiro atoms. The number of ether oxygens (including phenoxy) is 1. The molecule has 7 nitrogen and oxygen atoms in total. The van der Waals surface area contributed by atoms with E-state index in [1.165, 1.54) is 7.11 Å². The van der Waals surface area contributed by atoms with Crippen LogP contribution in [0, 0.1) is 16.7 Å². The molecular weight excluding hydrogens is 282 g/mol. The minimum atomic E-state index is -0.473. The molecule has 4 N–H and O–H groups in total. The Hall–Kier alpha value is -2.88. The standard InChI is InChI=1S/C15H19N5O2/c1-15(2,3)10-6-5-9(14(21)22-4)7-11(10)19-20-12(8-16)13(17)18/h5-7,19H,1-4H3,(H3,17,18)/b20-12+. The van der Waals surface area contributed by atoms with Gasteiger partial charge in [-0.1, -0.05) is 26.8 Å². The molecule has 0 amide bonds. The molecule has 0 aliphatic heterocycles. The van der Waals surface area contributed by atoms with E-state index in [-0.39, 0.29) is 11.1 Å². The summed E-state index contributed by atoms with van der Waals surface area (Å²) in [5.41, 5.74) is 9.31. The lowest BCUT2D eigenvalue weighted by molar-refractivity contribution is 0.0600. The zero-order valence-corrected chi connectivity index (χ0v) is 13.0. The molecule has 0 heterocycles. The van der Waals surface area contributed by atoms with E-state index in [9.17, 15) is 4.79 Å². The number of methoxy groups -OCH3 is 1. The van der Waals surface area contributed by atoms with Gasteiger partial charge >= 0.3 is 5.97 Å². The molecule has 0 aromatic heterocycles. The Morgan fingerprint density at radius 1 is 1.45 bits per heavy atom. The molecule has 0 unspecified atom stereocenters. The third-order valence-electron chi connectivity index (χ3n) is 2.90. The number of benzene rings is 1. The van der Waals surface area contributed by atoms with Crippen molar-refractivity contribution in [2.24, 2.45) is 10.8 Å². The number of nitrogens with two attached hydrogens (primary N) is 1. The van der Waals surface area contributed by atoms with Crippen LogP contribution < -0.4 is 11.2 Å². The summed E-state index contributed by atoms with van der Waals surface area (Å²) in [5.74, 6) is -0.906. The van der Waals surface area contributed by atoms with Crippen LogP contribution in [-0.4, -0.2) is 24.6 Å². The maximum atomic E-state index is 11.6. The van der Waals surface area contributed by atoms with E-state index in [4.69, 9.17) is 21.1 Å². The number of carbonyl (C=O) groups is 1. The number of amidine groups is 1. The van der Waals surface area contributed by atoms with Crippen LogP contribution in [0.5, 0.6) is 0 Å². The second-order valence-corrected chi connectivity index (χ2v) is 5.60. The van der Waals surface area contributed by atoms with Gasteiger partial charge in [0.15, 0.2) is 5.84 Å². The van der Waals surface area contributed by atoms with Gasteiger partial charge in [0.1, 0.15) is 6.07 Å². The van der Waals surface area contributed by atoms with Gasteiger partial charge in [-0.05, 0) is 23.1 Å². The number of hydrogen-bond acceptors (Lipinski definition) is 6. The monoisotopic (exact) mass is 301 g/mol. The van der Waals surface area contributed by atoms with Crippen molar-refractivity contribution in [3.05, 3.63) is 29.3 Å². The Kier molecular flexibility index (Phi) is 5.24. The van der Waals surface area contributed by atoms with E-state index in [2.05, 4.69) is 10.5 Å². The average molecular weight is 301 g/mol. The van der Waals surface area contributed by atoms with Gasteiger partial charge in [0.2, 0.25) is 5.71 Å². The Morgan fingerprint density at radius 2 is 2.09 bits per heavy atom. The Balaban J connectivity index is 3.32.